The zero-order valence-electron chi connectivity index (χ0n) is 27.4. The number of aliphatic hydroxyl groups excluding tert-OH is 1. The highest BCUT2D eigenvalue weighted by Gasteiger charge is 2.58. The second-order valence-corrected chi connectivity index (χ2v) is 13.5. The normalized spacial score (nSPS) is 37.8. The summed E-state index contributed by atoms with van der Waals surface area (Å²) in [6.45, 7) is 9.58. The first-order valence-corrected chi connectivity index (χ1v) is 16.5. The van der Waals surface area contributed by atoms with E-state index in [9.17, 15) is 19.5 Å². The molecule has 2 amide bonds. The molecule has 0 aromatic heterocycles. The molecule has 11 heteroatoms. The van der Waals surface area contributed by atoms with Crippen molar-refractivity contribution in [2.45, 2.75) is 146 Å². The zero-order chi connectivity index (χ0) is 32.7. The van der Waals surface area contributed by atoms with Gasteiger partial charge < -0.3 is 40.4 Å². The van der Waals surface area contributed by atoms with Gasteiger partial charge in [0.15, 0.2) is 0 Å². The Morgan fingerprint density at radius 1 is 1.09 bits per heavy atom. The second kappa shape index (κ2) is 15.8. The number of nitrogens with two attached hydrogens (primary N) is 1. The molecule has 252 valence electrons. The third-order valence-electron chi connectivity index (χ3n) is 9.47. The van der Waals surface area contributed by atoms with Crippen molar-refractivity contribution in [3.63, 3.8) is 0 Å². The molecule has 0 radical (unpaired) electrons. The minimum atomic E-state index is -0.796. The first-order chi connectivity index (χ1) is 21.3. The molecule has 0 unspecified atom stereocenters. The molecular formula is C34H53N3O8. The molecule has 11 nitrogen and oxygen atoms in total. The molecule has 9 atom stereocenters. The maximum absolute atomic E-state index is 12.8. The fourth-order valence-corrected chi connectivity index (χ4v) is 6.64. The van der Waals surface area contributed by atoms with E-state index < -0.39 is 29.9 Å². The monoisotopic (exact) mass is 631 g/mol. The Bertz CT molecular complexity index is 1130. The SMILES string of the molecule is CC(=O)O[C@@H](C)/C=C\C(=O)N[C@@H]1C[C@H](C)[C@H](C/C=C(C)/C=C/[C@H]2O[C@H](CC(=O)N[C@H]3CC[C@H](N)CC3)C[C@@]3(CO3)[C@@H]2O)O[C@@H]1C. The van der Waals surface area contributed by atoms with Gasteiger partial charge in [-0.05, 0) is 71.3 Å². The average Bonchev–Trinajstić information content (AvgIpc) is 3.74. The van der Waals surface area contributed by atoms with Crippen molar-refractivity contribution in [2.24, 2.45) is 11.7 Å². The molecule has 3 saturated heterocycles. The van der Waals surface area contributed by atoms with Crippen molar-refractivity contribution >= 4 is 17.8 Å². The highest BCUT2D eigenvalue weighted by Crippen LogP contribution is 2.43. The fourth-order valence-electron chi connectivity index (χ4n) is 6.64. The summed E-state index contributed by atoms with van der Waals surface area (Å²) >= 11 is 0. The van der Waals surface area contributed by atoms with Gasteiger partial charge in [-0.3, -0.25) is 14.4 Å². The van der Waals surface area contributed by atoms with E-state index in [4.69, 9.17) is 24.7 Å². The van der Waals surface area contributed by atoms with Gasteiger partial charge in [0.25, 0.3) is 0 Å². The summed E-state index contributed by atoms with van der Waals surface area (Å²) in [5.74, 6) is -0.455. The molecule has 4 rings (SSSR count). The lowest BCUT2D eigenvalue weighted by molar-refractivity contribution is -0.146. The van der Waals surface area contributed by atoms with E-state index in [0.717, 1.165) is 37.7 Å². The molecular weight excluding hydrogens is 578 g/mol. The largest absolute Gasteiger partial charge is 0.459 e. The lowest BCUT2D eigenvalue weighted by atomic mass is 9.87. The van der Waals surface area contributed by atoms with Crippen LogP contribution in [0.4, 0.5) is 0 Å². The summed E-state index contributed by atoms with van der Waals surface area (Å²) in [5, 5.41) is 17.1. The minimum Gasteiger partial charge on any atom is -0.459 e. The molecule has 0 aromatic carbocycles. The van der Waals surface area contributed by atoms with Gasteiger partial charge in [-0.2, -0.15) is 0 Å². The van der Waals surface area contributed by atoms with E-state index in [0.29, 0.717) is 19.4 Å². The van der Waals surface area contributed by atoms with Crippen LogP contribution in [0.5, 0.6) is 0 Å². The molecule has 1 aliphatic carbocycles. The number of rotatable bonds is 11. The summed E-state index contributed by atoms with van der Waals surface area (Å²) in [5.41, 5.74) is 6.36. The molecule has 3 heterocycles. The minimum absolute atomic E-state index is 0.00141. The number of carbonyl (C=O) groups excluding carboxylic acids is 3. The highest BCUT2D eigenvalue weighted by atomic mass is 16.6. The van der Waals surface area contributed by atoms with Crippen LogP contribution in [-0.2, 0) is 33.3 Å². The van der Waals surface area contributed by atoms with Crippen LogP contribution in [0.2, 0.25) is 0 Å². The predicted octanol–water partition coefficient (Wildman–Crippen LogP) is 2.75. The van der Waals surface area contributed by atoms with E-state index in [1.807, 2.05) is 26.0 Å². The fraction of sp³-hybridized carbons (Fsp3) is 0.735. The Morgan fingerprint density at radius 2 is 1.80 bits per heavy atom. The summed E-state index contributed by atoms with van der Waals surface area (Å²) in [6, 6.07) is 0.266. The third kappa shape index (κ3) is 10.5. The number of nitrogens with one attached hydrogen (secondary N) is 2. The van der Waals surface area contributed by atoms with Crippen molar-refractivity contribution in [3.8, 4) is 0 Å². The molecule has 5 N–H and O–H groups in total. The smallest absolute Gasteiger partial charge is 0.303 e. The summed E-state index contributed by atoms with van der Waals surface area (Å²) in [7, 11) is 0. The van der Waals surface area contributed by atoms with E-state index >= 15 is 0 Å². The molecule has 45 heavy (non-hydrogen) atoms. The maximum atomic E-state index is 12.8. The molecule has 1 spiro atoms. The van der Waals surface area contributed by atoms with Crippen molar-refractivity contribution in [1.82, 2.24) is 10.6 Å². The Hall–Kier alpha value is -2.57. The topological polar surface area (TPSA) is 162 Å². The zero-order valence-corrected chi connectivity index (χ0v) is 27.4. The second-order valence-electron chi connectivity index (χ2n) is 13.5. The van der Waals surface area contributed by atoms with Gasteiger partial charge >= 0.3 is 5.97 Å². The van der Waals surface area contributed by atoms with Crippen molar-refractivity contribution < 1.29 is 38.4 Å². The molecule has 1 saturated carbocycles. The Labute approximate surface area is 267 Å². The summed E-state index contributed by atoms with van der Waals surface area (Å²) in [4.78, 5) is 36.3. The number of esters is 1. The first kappa shape index (κ1) is 35.3. The number of hydrogen-bond donors (Lipinski definition) is 4. The third-order valence-corrected chi connectivity index (χ3v) is 9.47. The standard InChI is InChI=1S/C34H53N3O8/c1-20(6-13-29-21(2)16-28(23(4)44-29)37-31(39)15-8-22(3)43-24(5)38)7-14-30-33(41)34(19-42-34)18-27(45-30)17-32(40)36-26-11-9-25(35)10-12-26/h6-8,14-15,21-23,25-30,33,41H,9-13,16-19,35H2,1-5H3,(H,36,40)(H,37,39)/b14-7+,15-8-,20-6+/t21-,22-,23+,25-,26-,27+,28+,29-,30+,33+,34+/m0/s1. The molecule has 0 bridgehead atoms. The van der Waals surface area contributed by atoms with Gasteiger partial charge in [0.05, 0.1) is 37.4 Å². The van der Waals surface area contributed by atoms with Crippen molar-refractivity contribution in [3.05, 3.63) is 36.0 Å². The predicted molar refractivity (Wildman–Crippen MR) is 169 cm³/mol. The van der Waals surface area contributed by atoms with Crippen molar-refractivity contribution in [2.75, 3.05) is 6.61 Å². The molecule has 4 fully saturated rings. The summed E-state index contributed by atoms with van der Waals surface area (Å²) in [6.07, 6.45) is 12.4. The van der Waals surface area contributed by atoms with E-state index in [1.165, 1.54) is 13.0 Å². The number of epoxide rings is 1. The molecule has 0 aromatic rings. The number of amides is 2. The molecule has 4 aliphatic rings. The lowest BCUT2D eigenvalue weighted by Gasteiger charge is -2.39. The Balaban J connectivity index is 1.25. The van der Waals surface area contributed by atoms with Crippen LogP contribution < -0.4 is 16.4 Å². The van der Waals surface area contributed by atoms with Crippen LogP contribution in [-0.4, -0.2) is 89.8 Å². The van der Waals surface area contributed by atoms with Gasteiger partial charge in [-0.1, -0.05) is 30.7 Å². The average molecular weight is 632 g/mol. The van der Waals surface area contributed by atoms with Crippen LogP contribution in [0.1, 0.15) is 86.0 Å². The van der Waals surface area contributed by atoms with Crippen LogP contribution >= 0.6 is 0 Å². The van der Waals surface area contributed by atoms with Gasteiger partial charge in [0.1, 0.15) is 23.9 Å². The number of ether oxygens (including phenoxy) is 4. The number of aliphatic hydroxyl groups is 1. The molecule has 3 aliphatic heterocycles. The first-order valence-electron chi connectivity index (χ1n) is 16.5. The Kier molecular flexibility index (Phi) is 12.4. The van der Waals surface area contributed by atoms with E-state index in [2.05, 4.69) is 23.6 Å². The van der Waals surface area contributed by atoms with Crippen LogP contribution in [0.25, 0.3) is 0 Å². The maximum Gasteiger partial charge on any atom is 0.303 e. The van der Waals surface area contributed by atoms with E-state index in [1.54, 1.807) is 13.0 Å². The highest BCUT2D eigenvalue weighted by molar-refractivity contribution is 5.87. The van der Waals surface area contributed by atoms with Gasteiger partial charge in [0, 0.05) is 31.5 Å². The number of allylic oxidation sites excluding steroid dienone is 2. The number of hydrogen-bond acceptors (Lipinski definition) is 9. The van der Waals surface area contributed by atoms with Gasteiger partial charge in [-0.25, -0.2) is 0 Å². The lowest BCUT2D eigenvalue weighted by Crippen LogP contribution is -2.51. The van der Waals surface area contributed by atoms with Crippen LogP contribution in [0.15, 0.2) is 36.0 Å². The van der Waals surface area contributed by atoms with Gasteiger partial charge in [0.2, 0.25) is 11.8 Å². The number of carbonyl (C=O) groups is 3. The van der Waals surface area contributed by atoms with E-state index in [-0.39, 0.29) is 60.6 Å². The summed E-state index contributed by atoms with van der Waals surface area (Å²) < 4.78 is 23.2. The van der Waals surface area contributed by atoms with Crippen LogP contribution in [0, 0.1) is 5.92 Å². The quantitative estimate of drug-likeness (QED) is 0.116. The Morgan fingerprint density at radius 3 is 2.47 bits per heavy atom. The van der Waals surface area contributed by atoms with Crippen molar-refractivity contribution in [1.29, 1.82) is 0 Å². The van der Waals surface area contributed by atoms with Gasteiger partial charge in [-0.15, -0.1) is 0 Å². The van der Waals surface area contributed by atoms with Crippen LogP contribution in [0.3, 0.4) is 0 Å².